The number of fused-ring (bicyclic) bond motifs is 2. The molecule has 6 nitrogen and oxygen atoms in total. The maximum atomic E-state index is 12.9. The summed E-state index contributed by atoms with van der Waals surface area (Å²) < 4.78 is 5.74. The number of esters is 1. The molecule has 1 aliphatic carbocycles. The highest BCUT2D eigenvalue weighted by Crippen LogP contribution is 2.47. The maximum Gasteiger partial charge on any atom is 0.341 e. The maximum absolute atomic E-state index is 12.9. The number of piperidine rings is 1. The summed E-state index contributed by atoms with van der Waals surface area (Å²) in [4.78, 5) is 33.8. The number of likely N-dealkylation sites (N-methyl/N-ethyl adjacent to an activating group) is 1. The van der Waals surface area contributed by atoms with Gasteiger partial charge in [0.1, 0.15) is 0 Å². The number of carbonyl (C=O) groups excluding carboxylic acids is 2. The van der Waals surface area contributed by atoms with Crippen LogP contribution in [0.2, 0.25) is 0 Å². The molecule has 0 radical (unpaired) electrons. The SMILES string of the molecule is CN(CCN1CCCCC1)C(=O)[C@H]1CC[C@@]2(CC1)OC(=O)c1cccnc12. The van der Waals surface area contributed by atoms with Crippen LogP contribution in [0.15, 0.2) is 18.3 Å². The van der Waals surface area contributed by atoms with Gasteiger partial charge in [0.05, 0.1) is 11.3 Å². The van der Waals surface area contributed by atoms with Crippen molar-refractivity contribution in [3.8, 4) is 0 Å². The van der Waals surface area contributed by atoms with Gasteiger partial charge < -0.3 is 14.5 Å². The van der Waals surface area contributed by atoms with Crippen LogP contribution in [0.3, 0.4) is 0 Å². The average molecular weight is 371 g/mol. The van der Waals surface area contributed by atoms with Crippen molar-refractivity contribution in [3.05, 3.63) is 29.6 Å². The second-order valence-corrected chi connectivity index (χ2v) is 8.22. The van der Waals surface area contributed by atoms with Crippen LogP contribution in [0.5, 0.6) is 0 Å². The minimum atomic E-state index is -0.614. The van der Waals surface area contributed by atoms with Crippen molar-refractivity contribution in [3.63, 3.8) is 0 Å². The molecule has 0 aromatic carbocycles. The van der Waals surface area contributed by atoms with E-state index in [2.05, 4.69) is 9.88 Å². The molecule has 1 saturated carbocycles. The Labute approximate surface area is 160 Å². The van der Waals surface area contributed by atoms with E-state index in [1.54, 1.807) is 18.3 Å². The minimum Gasteiger partial charge on any atom is -0.449 e. The van der Waals surface area contributed by atoms with Crippen molar-refractivity contribution in [2.45, 2.75) is 50.5 Å². The predicted octanol–water partition coefficient (Wildman–Crippen LogP) is 2.58. The number of aromatic nitrogens is 1. The molecule has 3 aliphatic rings. The molecule has 1 aromatic heterocycles. The minimum absolute atomic E-state index is 0.0217. The van der Waals surface area contributed by atoms with Gasteiger partial charge in [-0.05, 0) is 63.7 Å². The third kappa shape index (κ3) is 3.59. The zero-order chi connectivity index (χ0) is 18.9. The summed E-state index contributed by atoms with van der Waals surface area (Å²) in [5.41, 5.74) is 0.733. The van der Waals surface area contributed by atoms with Crippen LogP contribution in [0.4, 0.5) is 0 Å². The molecule has 1 spiro atoms. The fourth-order valence-corrected chi connectivity index (χ4v) is 4.78. The number of rotatable bonds is 4. The second-order valence-electron chi connectivity index (χ2n) is 8.22. The first-order valence-corrected chi connectivity index (χ1v) is 10.3. The predicted molar refractivity (Wildman–Crippen MR) is 101 cm³/mol. The summed E-state index contributed by atoms with van der Waals surface area (Å²) >= 11 is 0. The van der Waals surface area contributed by atoms with E-state index in [0.717, 1.165) is 44.7 Å². The van der Waals surface area contributed by atoms with Crippen molar-refractivity contribution in [2.75, 3.05) is 33.2 Å². The number of carbonyl (C=O) groups is 2. The van der Waals surface area contributed by atoms with Crippen LogP contribution in [0.1, 0.15) is 61.0 Å². The van der Waals surface area contributed by atoms with Crippen molar-refractivity contribution < 1.29 is 14.3 Å². The molecular weight excluding hydrogens is 342 g/mol. The van der Waals surface area contributed by atoms with Gasteiger partial charge in [0.15, 0.2) is 5.60 Å². The molecule has 0 N–H and O–H groups in total. The number of ether oxygens (including phenoxy) is 1. The van der Waals surface area contributed by atoms with E-state index >= 15 is 0 Å². The van der Waals surface area contributed by atoms with E-state index in [1.807, 2.05) is 11.9 Å². The molecule has 27 heavy (non-hydrogen) atoms. The average Bonchev–Trinajstić information content (AvgIpc) is 2.99. The number of amides is 1. The van der Waals surface area contributed by atoms with E-state index in [1.165, 1.54) is 19.3 Å². The number of hydrogen-bond acceptors (Lipinski definition) is 5. The lowest BCUT2D eigenvalue weighted by Crippen LogP contribution is -2.43. The topological polar surface area (TPSA) is 62.7 Å². The lowest BCUT2D eigenvalue weighted by atomic mass is 9.76. The van der Waals surface area contributed by atoms with E-state index in [4.69, 9.17) is 4.74 Å². The normalized spacial score (nSPS) is 28.0. The summed E-state index contributed by atoms with van der Waals surface area (Å²) in [5.74, 6) is -0.0256. The number of nitrogens with zero attached hydrogens (tertiary/aromatic N) is 3. The van der Waals surface area contributed by atoms with Gasteiger partial charge in [0, 0.05) is 32.3 Å². The van der Waals surface area contributed by atoms with Gasteiger partial charge in [-0.3, -0.25) is 9.78 Å². The van der Waals surface area contributed by atoms with Crippen molar-refractivity contribution in [1.29, 1.82) is 0 Å². The summed E-state index contributed by atoms with van der Waals surface area (Å²) in [6.07, 6.45) is 8.45. The monoisotopic (exact) mass is 371 g/mol. The van der Waals surface area contributed by atoms with Crippen LogP contribution >= 0.6 is 0 Å². The fraction of sp³-hybridized carbons (Fsp3) is 0.667. The van der Waals surface area contributed by atoms with Gasteiger partial charge in [-0.2, -0.15) is 0 Å². The molecular formula is C21H29N3O3. The quantitative estimate of drug-likeness (QED) is 0.761. The zero-order valence-electron chi connectivity index (χ0n) is 16.2. The lowest BCUT2D eigenvalue weighted by molar-refractivity contribution is -0.137. The largest absolute Gasteiger partial charge is 0.449 e. The summed E-state index contributed by atoms with van der Waals surface area (Å²) in [7, 11) is 1.92. The van der Waals surface area contributed by atoms with Gasteiger partial charge in [-0.25, -0.2) is 4.79 Å². The first-order chi connectivity index (χ1) is 13.1. The van der Waals surface area contributed by atoms with E-state index in [-0.39, 0.29) is 17.8 Å². The van der Waals surface area contributed by atoms with Gasteiger partial charge in [0.25, 0.3) is 0 Å². The van der Waals surface area contributed by atoms with Crippen LogP contribution in [0, 0.1) is 5.92 Å². The van der Waals surface area contributed by atoms with E-state index in [9.17, 15) is 9.59 Å². The molecule has 1 amide bonds. The molecule has 3 heterocycles. The summed E-state index contributed by atoms with van der Waals surface area (Å²) in [5, 5.41) is 0. The first-order valence-electron chi connectivity index (χ1n) is 10.3. The van der Waals surface area contributed by atoms with Crippen molar-refractivity contribution in [2.24, 2.45) is 5.92 Å². The summed E-state index contributed by atoms with van der Waals surface area (Å²) in [6, 6.07) is 3.55. The molecule has 4 rings (SSSR count). The molecule has 0 bridgehead atoms. The molecule has 1 aromatic rings. The Bertz CT molecular complexity index is 706. The molecule has 146 valence electrons. The van der Waals surface area contributed by atoms with Crippen LogP contribution < -0.4 is 0 Å². The standard InChI is InChI=1S/C21H29N3O3/c1-23(14-15-24-12-3-2-4-13-24)19(25)16-7-9-21(10-8-16)18-17(20(26)27-21)6-5-11-22-18/h5-6,11,16H,2-4,7-10,12-15H2,1H3/t16-,21-. The molecule has 0 unspecified atom stereocenters. The number of hydrogen-bond donors (Lipinski definition) is 0. The number of likely N-dealkylation sites (tertiary alicyclic amines) is 1. The Morgan fingerprint density at radius 2 is 2.04 bits per heavy atom. The highest BCUT2D eigenvalue weighted by atomic mass is 16.6. The summed E-state index contributed by atoms with van der Waals surface area (Å²) in [6.45, 7) is 4.07. The second kappa shape index (κ2) is 7.58. The Morgan fingerprint density at radius 3 is 2.78 bits per heavy atom. The molecule has 6 heteroatoms. The smallest absolute Gasteiger partial charge is 0.341 e. The Morgan fingerprint density at radius 1 is 1.30 bits per heavy atom. The van der Waals surface area contributed by atoms with Gasteiger partial charge >= 0.3 is 5.97 Å². The Balaban J connectivity index is 1.32. The highest BCUT2D eigenvalue weighted by molar-refractivity contribution is 5.94. The Hall–Kier alpha value is -1.95. The fourth-order valence-electron chi connectivity index (χ4n) is 4.78. The molecule has 0 atom stereocenters. The highest BCUT2D eigenvalue weighted by Gasteiger charge is 2.49. The van der Waals surface area contributed by atoms with Crippen LogP contribution in [-0.4, -0.2) is 59.9 Å². The molecule has 2 fully saturated rings. The van der Waals surface area contributed by atoms with E-state index in [0.29, 0.717) is 18.4 Å². The zero-order valence-corrected chi connectivity index (χ0v) is 16.2. The molecule has 1 saturated heterocycles. The van der Waals surface area contributed by atoms with Crippen LogP contribution in [0.25, 0.3) is 0 Å². The first kappa shape index (κ1) is 18.4. The van der Waals surface area contributed by atoms with E-state index < -0.39 is 5.60 Å². The number of pyridine rings is 1. The third-order valence-corrected chi connectivity index (χ3v) is 6.47. The Kier molecular flexibility index (Phi) is 5.17. The van der Waals surface area contributed by atoms with Gasteiger partial charge in [0.2, 0.25) is 5.91 Å². The lowest BCUT2D eigenvalue weighted by Gasteiger charge is -2.36. The van der Waals surface area contributed by atoms with Gasteiger partial charge in [-0.15, -0.1) is 0 Å². The van der Waals surface area contributed by atoms with Crippen molar-refractivity contribution >= 4 is 11.9 Å². The van der Waals surface area contributed by atoms with Crippen molar-refractivity contribution in [1.82, 2.24) is 14.8 Å². The van der Waals surface area contributed by atoms with Crippen LogP contribution in [-0.2, 0) is 15.1 Å². The van der Waals surface area contributed by atoms with Gasteiger partial charge in [-0.1, -0.05) is 6.42 Å². The molecule has 2 aliphatic heterocycles. The third-order valence-electron chi connectivity index (χ3n) is 6.47.